The van der Waals surface area contributed by atoms with Crippen molar-refractivity contribution in [2.45, 2.75) is 43.9 Å². The number of thioether (sulfide) groups is 1. The Bertz CT molecular complexity index is 781. The van der Waals surface area contributed by atoms with Gasteiger partial charge in [0.2, 0.25) is 0 Å². The van der Waals surface area contributed by atoms with Gasteiger partial charge in [-0.25, -0.2) is 9.97 Å². The molecule has 4 rings (SSSR count). The lowest BCUT2D eigenvalue weighted by Gasteiger charge is -2.59. The van der Waals surface area contributed by atoms with E-state index in [-0.39, 0.29) is 5.12 Å². The van der Waals surface area contributed by atoms with Gasteiger partial charge in [-0.3, -0.25) is 8.77 Å². The van der Waals surface area contributed by atoms with Gasteiger partial charge in [0.25, 0.3) is 0 Å². The molecule has 2 aliphatic carbocycles. The molecule has 0 bridgehead atoms. The molecule has 5 nitrogen and oxygen atoms in total. The van der Waals surface area contributed by atoms with E-state index in [0.717, 1.165) is 16.9 Å². The first kappa shape index (κ1) is 17.0. The number of halogens is 1. The molecule has 0 aromatic carbocycles. The van der Waals surface area contributed by atoms with Gasteiger partial charge in [0.1, 0.15) is 12.1 Å². The molecule has 0 amide bonds. The Hall–Kier alpha value is -0.480. The third-order valence-electron chi connectivity index (χ3n) is 5.37. The van der Waals surface area contributed by atoms with Gasteiger partial charge in [-0.1, -0.05) is 11.8 Å². The predicted molar refractivity (Wildman–Crippen MR) is 110 cm³/mol. The molecule has 2 aromatic heterocycles. The van der Waals surface area contributed by atoms with Crippen LogP contribution >= 0.6 is 42.1 Å². The summed E-state index contributed by atoms with van der Waals surface area (Å²) in [6.45, 7) is 1.67. The lowest BCUT2D eigenvalue weighted by molar-refractivity contribution is -0.109. The Morgan fingerprint density at radius 1 is 1.38 bits per heavy atom. The highest BCUT2D eigenvalue weighted by Crippen LogP contribution is 2.60. The number of nitrogens with zero attached hydrogens (tertiary/aromatic N) is 4. The molecule has 2 aliphatic rings. The standard InChI is InChI=1S/C16H19IN4OS2/c1-10(22)23-12-7-16(8-12)5-11(6-16)20(2)14-13-3-4-21(24-17)15(13)19-9-18-14/h3-4,9,11-12H,5-8H2,1-2H3. The molecule has 0 radical (unpaired) electrons. The molecule has 0 atom stereocenters. The summed E-state index contributed by atoms with van der Waals surface area (Å²) >= 11 is 3.79. The first-order chi connectivity index (χ1) is 11.5. The fourth-order valence-corrected chi connectivity index (χ4v) is 6.81. The molecule has 2 heterocycles. The molecule has 0 unspecified atom stereocenters. The molecule has 24 heavy (non-hydrogen) atoms. The minimum absolute atomic E-state index is 0.254. The van der Waals surface area contributed by atoms with Gasteiger partial charge < -0.3 is 4.90 Å². The summed E-state index contributed by atoms with van der Waals surface area (Å²) in [5.74, 6) is 1.03. The Kier molecular flexibility index (Phi) is 4.49. The zero-order valence-electron chi connectivity index (χ0n) is 13.6. The molecular formula is C16H19IN4OS2. The van der Waals surface area contributed by atoms with E-state index < -0.39 is 0 Å². The zero-order valence-corrected chi connectivity index (χ0v) is 17.4. The summed E-state index contributed by atoms with van der Waals surface area (Å²) in [6.07, 6.45) is 8.53. The Morgan fingerprint density at radius 3 is 2.79 bits per heavy atom. The van der Waals surface area contributed by atoms with E-state index in [1.807, 2.05) is 6.20 Å². The van der Waals surface area contributed by atoms with Crippen LogP contribution < -0.4 is 4.90 Å². The van der Waals surface area contributed by atoms with Gasteiger partial charge in [0.05, 0.1) is 5.39 Å². The van der Waals surface area contributed by atoms with Gasteiger partial charge >= 0.3 is 0 Å². The largest absolute Gasteiger partial charge is 0.356 e. The van der Waals surface area contributed by atoms with Crippen LogP contribution in [0.3, 0.4) is 0 Å². The lowest BCUT2D eigenvalue weighted by Crippen LogP contribution is -2.56. The third-order valence-corrected chi connectivity index (χ3v) is 8.09. The number of fused-ring (bicyclic) bond motifs is 1. The normalized spacial score (nSPS) is 28.6. The summed E-state index contributed by atoms with van der Waals surface area (Å²) in [7, 11) is 3.77. The van der Waals surface area contributed by atoms with Gasteiger partial charge in [-0.15, -0.1) is 0 Å². The van der Waals surface area contributed by atoms with E-state index >= 15 is 0 Å². The maximum Gasteiger partial charge on any atom is 0.186 e. The molecule has 128 valence electrons. The average molecular weight is 474 g/mol. The van der Waals surface area contributed by atoms with Gasteiger partial charge in [-0.2, -0.15) is 0 Å². The van der Waals surface area contributed by atoms with Crippen LogP contribution in [0.1, 0.15) is 32.6 Å². The lowest BCUT2D eigenvalue weighted by atomic mass is 9.53. The van der Waals surface area contributed by atoms with E-state index in [4.69, 9.17) is 0 Å². The number of hydrogen-bond acceptors (Lipinski definition) is 6. The van der Waals surface area contributed by atoms with Crippen molar-refractivity contribution < 1.29 is 4.79 Å². The number of carbonyl (C=O) groups is 1. The highest BCUT2D eigenvalue weighted by atomic mass is 127. The molecule has 0 saturated heterocycles. The number of anilines is 1. The van der Waals surface area contributed by atoms with E-state index in [0.29, 0.717) is 16.7 Å². The van der Waals surface area contributed by atoms with Crippen molar-refractivity contribution in [2.24, 2.45) is 5.41 Å². The van der Waals surface area contributed by atoms with E-state index in [9.17, 15) is 4.79 Å². The second-order valence-corrected chi connectivity index (χ2v) is 10.1. The highest BCUT2D eigenvalue weighted by Gasteiger charge is 2.54. The summed E-state index contributed by atoms with van der Waals surface area (Å²) < 4.78 is 2.06. The van der Waals surface area contributed by atoms with Crippen LogP contribution in [0.25, 0.3) is 11.0 Å². The Labute approximate surface area is 162 Å². The molecule has 0 aliphatic heterocycles. The minimum atomic E-state index is 0.254. The third kappa shape index (κ3) is 2.84. The molecule has 1 spiro atoms. The van der Waals surface area contributed by atoms with Crippen LogP contribution in [0.5, 0.6) is 0 Å². The molecule has 2 fully saturated rings. The van der Waals surface area contributed by atoms with Crippen molar-refractivity contribution in [1.82, 2.24) is 13.9 Å². The predicted octanol–water partition coefficient (Wildman–Crippen LogP) is 4.30. The summed E-state index contributed by atoms with van der Waals surface area (Å²) in [5, 5.41) is 1.92. The number of rotatable bonds is 4. The summed E-state index contributed by atoms with van der Waals surface area (Å²) in [4.78, 5) is 22.5. The van der Waals surface area contributed by atoms with Crippen molar-refractivity contribution in [3.63, 3.8) is 0 Å². The van der Waals surface area contributed by atoms with Crippen LogP contribution in [-0.2, 0) is 4.79 Å². The van der Waals surface area contributed by atoms with Crippen molar-refractivity contribution >= 4 is 64.1 Å². The van der Waals surface area contributed by atoms with Crippen molar-refractivity contribution in [1.29, 1.82) is 0 Å². The zero-order chi connectivity index (χ0) is 16.9. The molecule has 0 N–H and O–H groups in total. The second-order valence-electron chi connectivity index (χ2n) is 6.96. The maximum atomic E-state index is 11.2. The van der Waals surface area contributed by atoms with Crippen molar-refractivity contribution in [2.75, 3.05) is 11.9 Å². The van der Waals surface area contributed by atoms with Crippen molar-refractivity contribution in [3.8, 4) is 0 Å². The summed E-state index contributed by atoms with van der Waals surface area (Å²) in [5.41, 5.74) is 1.46. The van der Waals surface area contributed by atoms with Crippen LogP contribution in [0.15, 0.2) is 18.6 Å². The topological polar surface area (TPSA) is 51.0 Å². The van der Waals surface area contributed by atoms with Crippen LogP contribution in [0.2, 0.25) is 0 Å². The highest BCUT2D eigenvalue weighted by molar-refractivity contribution is 14.2. The maximum absolute atomic E-state index is 11.2. The van der Waals surface area contributed by atoms with E-state index in [1.165, 1.54) is 37.4 Å². The average Bonchev–Trinajstić information content (AvgIpc) is 2.90. The first-order valence-corrected chi connectivity index (χ1v) is 12.2. The van der Waals surface area contributed by atoms with Crippen molar-refractivity contribution in [3.05, 3.63) is 18.6 Å². The smallest absolute Gasteiger partial charge is 0.186 e. The fraction of sp³-hybridized carbons (Fsp3) is 0.562. The molecule has 2 saturated carbocycles. The fourth-order valence-electron chi connectivity index (χ4n) is 4.20. The number of carbonyl (C=O) groups excluding carboxylic acids is 1. The minimum Gasteiger partial charge on any atom is -0.356 e. The molecule has 8 heteroatoms. The SMILES string of the molecule is CC(=O)SC1CC2(C1)CC(N(C)c1ncnc3c1ccn3SI)C2. The Morgan fingerprint density at radius 2 is 2.12 bits per heavy atom. The van der Waals surface area contributed by atoms with Crippen LogP contribution in [0, 0.1) is 5.41 Å². The number of hydrogen-bond donors (Lipinski definition) is 0. The molecular weight excluding hydrogens is 455 g/mol. The van der Waals surface area contributed by atoms with Gasteiger partial charge in [-0.05, 0) is 37.2 Å². The summed E-state index contributed by atoms with van der Waals surface area (Å²) in [6, 6.07) is 2.64. The van der Waals surface area contributed by atoms with Crippen LogP contribution in [0.4, 0.5) is 5.82 Å². The van der Waals surface area contributed by atoms with Gasteiger partial charge in [0, 0.05) is 61.8 Å². The Balaban J connectivity index is 1.44. The first-order valence-electron chi connectivity index (χ1n) is 8.02. The molecule has 2 aromatic rings. The quantitative estimate of drug-likeness (QED) is 0.616. The van der Waals surface area contributed by atoms with E-state index in [1.54, 1.807) is 22.4 Å². The number of aromatic nitrogens is 3. The van der Waals surface area contributed by atoms with Gasteiger partial charge in [0.15, 0.2) is 10.8 Å². The monoisotopic (exact) mass is 474 g/mol. The van der Waals surface area contributed by atoms with Crippen LogP contribution in [-0.4, -0.2) is 37.4 Å². The second kappa shape index (κ2) is 6.35. The van der Waals surface area contributed by atoms with E-state index in [2.05, 4.69) is 53.2 Å².